The Labute approximate surface area is 261 Å². The molecule has 3 N–H and O–H groups in total. The Hall–Kier alpha value is -4.10. The number of aliphatic hydroxyl groups is 1. The average molecular weight is 647 g/mol. The van der Waals surface area contributed by atoms with Crippen molar-refractivity contribution >= 4 is 48.1 Å². The maximum absolute atomic E-state index is 15.4. The Kier molecular flexibility index (Phi) is 7.73. The number of carbonyl (C=O) groups excluding carboxylic acids is 1. The Balaban J connectivity index is 1.78. The molecule has 2 radical (unpaired) electrons. The van der Waals surface area contributed by atoms with Gasteiger partial charge in [-0.2, -0.15) is 13.2 Å². The van der Waals surface area contributed by atoms with E-state index in [2.05, 4.69) is 23.8 Å². The number of hydrogen-bond acceptors (Lipinski definition) is 5. The minimum atomic E-state index is -4.86. The third kappa shape index (κ3) is 5.31. The van der Waals surface area contributed by atoms with Crippen LogP contribution >= 0.6 is 11.6 Å². The van der Waals surface area contributed by atoms with E-state index in [1.165, 1.54) is 17.0 Å². The lowest BCUT2D eigenvalue weighted by molar-refractivity contribution is -0.137. The smallest absolute Gasteiger partial charge is 0.377 e. The second-order valence-corrected chi connectivity index (χ2v) is 11.6. The number of nitrogens with one attached hydrogen (secondary N) is 2. The summed E-state index contributed by atoms with van der Waals surface area (Å²) in [6, 6.07) is 5.66. The quantitative estimate of drug-likeness (QED) is 0.187. The van der Waals surface area contributed by atoms with Crippen molar-refractivity contribution in [1.82, 2.24) is 5.32 Å². The van der Waals surface area contributed by atoms with Crippen LogP contribution in [0.3, 0.4) is 0 Å². The summed E-state index contributed by atoms with van der Waals surface area (Å²) in [5.41, 5.74) is -6.39. The first kappa shape index (κ1) is 32.3. The number of halogens is 7. The van der Waals surface area contributed by atoms with Crippen molar-refractivity contribution in [3.8, 4) is 0 Å². The molecule has 45 heavy (non-hydrogen) atoms. The molecule has 0 spiro atoms. The molecule has 2 unspecified atom stereocenters. The van der Waals surface area contributed by atoms with Crippen molar-refractivity contribution in [3.05, 3.63) is 106 Å². The predicted molar refractivity (Wildman–Crippen MR) is 162 cm³/mol. The van der Waals surface area contributed by atoms with Crippen molar-refractivity contribution in [3.63, 3.8) is 0 Å². The van der Waals surface area contributed by atoms with Crippen molar-refractivity contribution in [2.24, 2.45) is 0 Å². The number of nitrogens with zero attached hydrogens (tertiary/aromatic N) is 2. The maximum atomic E-state index is 15.4. The van der Waals surface area contributed by atoms with Gasteiger partial charge in [-0.15, -0.1) is 0 Å². The highest BCUT2D eigenvalue weighted by Crippen LogP contribution is 2.54. The summed E-state index contributed by atoms with van der Waals surface area (Å²) in [5, 5.41) is 17.0. The normalized spacial score (nSPS) is 17.6. The molecule has 0 aromatic heterocycles. The number of anilines is 3. The van der Waals surface area contributed by atoms with Crippen LogP contribution in [-0.4, -0.2) is 36.7 Å². The highest BCUT2D eigenvalue weighted by Gasteiger charge is 2.52. The molecular formula is C31H26BClF6N4O2. The van der Waals surface area contributed by atoms with Gasteiger partial charge in [-0.05, 0) is 63.2 Å². The van der Waals surface area contributed by atoms with Gasteiger partial charge in [-0.25, -0.2) is 13.2 Å². The summed E-state index contributed by atoms with van der Waals surface area (Å²) >= 11 is 6.42. The Morgan fingerprint density at radius 2 is 1.78 bits per heavy atom. The number of hydrogen-bond donors (Lipinski definition) is 3. The van der Waals surface area contributed by atoms with Crippen LogP contribution in [0.25, 0.3) is 5.70 Å². The molecule has 3 aromatic rings. The van der Waals surface area contributed by atoms with Gasteiger partial charge in [-0.3, -0.25) is 4.79 Å². The van der Waals surface area contributed by atoms with Crippen LogP contribution in [0, 0.1) is 11.6 Å². The summed E-state index contributed by atoms with van der Waals surface area (Å²) in [5.74, 6) is -2.49. The molecule has 2 aliphatic rings. The fourth-order valence-electron chi connectivity index (χ4n) is 5.53. The van der Waals surface area contributed by atoms with Crippen LogP contribution in [0.5, 0.6) is 0 Å². The molecule has 0 saturated heterocycles. The number of rotatable bonds is 7. The number of carbonyl (C=O) groups is 1. The lowest BCUT2D eigenvalue weighted by Gasteiger charge is -2.43. The molecule has 3 aromatic carbocycles. The highest BCUT2D eigenvalue weighted by atomic mass is 35.5. The van der Waals surface area contributed by atoms with Gasteiger partial charge in [-0.1, -0.05) is 24.8 Å². The molecule has 14 heteroatoms. The molecule has 2 heterocycles. The van der Waals surface area contributed by atoms with E-state index in [0.29, 0.717) is 12.1 Å². The van der Waals surface area contributed by atoms with Crippen LogP contribution in [0.4, 0.5) is 43.4 Å². The highest BCUT2D eigenvalue weighted by molar-refractivity contribution is 6.31. The van der Waals surface area contributed by atoms with Crippen molar-refractivity contribution in [1.29, 1.82) is 0 Å². The van der Waals surface area contributed by atoms with E-state index in [4.69, 9.17) is 19.4 Å². The monoisotopic (exact) mass is 646 g/mol. The van der Waals surface area contributed by atoms with Gasteiger partial charge in [0, 0.05) is 39.6 Å². The first-order valence-corrected chi connectivity index (χ1v) is 13.9. The molecule has 0 bridgehead atoms. The number of alkyl halides is 4. The number of fused-ring (bicyclic) bond motifs is 3. The van der Waals surface area contributed by atoms with Crippen molar-refractivity contribution < 1.29 is 36.2 Å². The predicted octanol–water partition coefficient (Wildman–Crippen LogP) is 7.23. The van der Waals surface area contributed by atoms with E-state index in [1.54, 1.807) is 6.92 Å². The zero-order chi connectivity index (χ0) is 33.4. The van der Waals surface area contributed by atoms with Gasteiger partial charge in [0.15, 0.2) is 0 Å². The fraction of sp³-hybridized carbons (Fsp3) is 0.258. The SMILES string of the molecule is [B]C(O)(N1C(=C)N(CC)c2c1cc(NC(=C)c1cc(F)cc(C(F)(F)F)c1)c1c2C(=O)NC1c1cc(F)ccc1Cl)C(C)(C)F. The van der Waals surface area contributed by atoms with Gasteiger partial charge in [0.05, 0.1) is 28.5 Å². The van der Waals surface area contributed by atoms with Gasteiger partial charge in [0.1, 0.15) is 36.6 Å². The molecule has 2 atom stereocenters. The molecule has 0 aliphatic carbocycles. The van der Waals surface area contributed by atoms with E-state index < -0.39 is 46.6 Å². The lowest BCUT2D eigenvalue weighted by atomic mass is 9.77. The molecule has 5 rings (SSSR count). The van der Waals surface area contributed by atoms with E-state index in [0.717, 1.165) is 36.9 Å². The second-order valence-electron chi connectivity index (χ2n) is 11.2. The third-order valence-electron chi connectivity index (χ3n) is 7.85. The Morgan fingerprint density at radius 3 is 2.38 bits per heavy atom. The number of amides is 1. The topological polar surface area (TPSA) is 67.8 Å². The van der Waals surface area contributed by atoms with Crippen LogP contribution in [-0.2, 0) is 6.18 Å². The van der Waals surface area contributed by atoms with Crippen LogP contribution in [0.15, 0.2) is 61.4 Å². The summed E-state index contributed by atoms with van der Waals surface area (Å²) < 4.78 is 84.6. The minimum Gasteiger partial charge on any atom is -0.377 e. The first-order valence-electron chi connectivity index (χ1n) is 13.6. The molecule has 6 nitrogen and oxygen atoms in total. The summed E-state index contributed by atoms with van der Waals surface area (Å²) in [4.78, 5) is 16.2. The summed E-state index contributed by atoms with van der Waals surface area (Å²) in [6.45, 7) is 11.7. The van der Waals surface area contributed by atoms with Crippen molar-refractivity contribution in [2.75, 3.05) is 21.7 Å². The average Bonchev–Trinajstić information content (AvgIpc) is 3.41. The number of benzene rings is 3. The Morgan fingerprint density at radius 1 is 1.11 bits per heavy atom. The van der Waals surface area contributed by atoms with Gasteiger partial charge in [0.2, 0.25) is 0 Å². The maximum Gasteiger partial charge on any atom is 0.416 e. The summed E-state index contributed by atoms with van der Waals surface area (Å²) in [7, 11) is 6.15. The molecule has 0 fully saturated rings. The largest absolute Gasteiger partial charge is 0.416 e. The van der Waals surface area contributed by atoms with Crippen LogP contribution in [0.1, 0.15) is 59.4 Å². The minimum absolute atomic E-state index is 0.0125. The first-order chi connectivity index (χ1) is 20.8. The van der Waals surface area contributed by atoms with Crippen LogP contribution < -0.4 is 20.4 Å². The van der Waals surface area contributed by atoms with E-state index >= 15 is 4.39 Å². The van der Waals surface area contributed by atoms with Gasteiger partial charge >= 0.3 is 6.18 Å². The standard InChI is InChI=1S/C31H26BClF6N4O2/c1-6-42-15(3)43(31(32,45)29(4,5)36)23-13-22(40-14(2)16-9-17(30(37,38)39)11-19(35)10-16)24-25(27(23)42)28(44)41-26(24)20-12-18(34)7-8-21(20)33/h7-13,26,40,45H,2-3,6H2,1,4-5H3,(H,41,44). The molecule has 1 amide bonds. The molecule has 2 aliphatic heterocycles. The summed E-state index contributed by atoms with van der Waals surface area (Å²) in [6.07, 6.45) is -4.86. The van der Waals surface area contributed by atoms with Crippen LogP contribution in [0.2, 0.25) is 5.02 Å². The van der Waals surface area contributed by atoms with Crippen molar-refractivity contribution in [2.45, 2.75) is 44.3 Å². The van der Waals surface area contributed by atoms with Gasteiger partial charge < -0.3 is 25.5 Å². The fourth-order valence-corrected chi connectivity index (χ4v) is 5.76. The van der Waals surface area contributed by atoms with E-state index in [-0.39, 0.29) is 62.4 Å². The van der Waals surface area contributed by atoms with E-state index in [9.17, 15) is 31.9 Å². The molecular weight excluding hydrogens is 621 g/mol. The second kappa shape index (κ2) is 10.8. The third-order valence-corrected chi connectivity index (χ3v) is 8.20. The zero-order valence-electron chi connectivity index (χ0n) is 24.2. The van der Waals surface area contributed by atoms with Gasteiger partial charge in [0.25, 0.3) is 5.91 Å². The molecule has 234 valence electrons. The lowest BCUT2D eigenvalue weighted by Crippen LogP contribution is -2.60. The Bertz CT molecular complexity index is 1770. The zero-order valence-corrected chi connectivity index (χ0v) is 25.0. The van der Waals surface area contributed by atoms with E-state index in [1.807, 2.05) is 0 Å². The molecule has 0 saturated carbocycles.